The Labute approximate surface area is 112 Å². The Hall–Kier alpha value is -1.82. The summed E-state index contributed by atoms with van der Waals surface area (Å²) in [7, 11) is 0. The standard InChI is InChI=1S/C13H20N4O2/c1-2-17-7-3-4-9(17)8-16-12-11(14)10(13(18)19)5-6-15-12/h5-6,9H,2-4,7-8,14H2,1H3,(H,15,16)(H,18,19). The molecule has 1 unspecified atom stereocenters. The molecule has 1 saturated heterocycles. The topological polar surface area (TPSA) is 91.5 Å². The van der Waals surface area contributed by atoms with Crippen molar-refractivity contribution in [1.82, 2.24) is 9.88 Å². The zero-order valence-electron chi connectivity index (χ0n) is 11.1. The summed E-state index contributed by atoms with van der Waals surface area (Å²) in [4.78, 5) is 17.5. The number of nitrogens with zero attached hydrogens (tertiary/aromatic N) is 2. The van der Waals surface area contributed by atoms with Crippen LogP contribution in [-0.4, -0.2) is 46.6 Å². The number of likely N-dealkylation sites (N-methyl/N-ethyl adjacent to an activating group) is 1. The van der Waals surface area contributed by atoms with E-state index in [1.165, 1.54) is 18.7 Å². The van der Waals surface area contributed by atoms with Gasteiger partial charge < -0.3 is 16.2 Å². The first-order valence-corrected chi connectivity index (χ1v) is 6.59. The molecule has 6 nitrogen and oxygen atoms in total. The van der Waals surface area contributed by atoms with Gasteiger partial charge in [-0.2, -0.15) is 0 Å². The number of pyridine rings is 1. The molecule has 2 heterocycles. The Bertz CT molecular complexity index is 464. The number of hydrogen-bond donors (Lipinski definition) is 3. The molecule has 1 aliphatic rings. The van der Waals surface area contributed by atoms with Crippen molar-refractivity contribution < 1.29 is 9.90 Å². The van der Waals surface area contributed by atoms with Gasteiger partial charge in [-0.15, -0.1) is 0 Å². The number of carboxylic acid groups (broad SMARTS) is 1. The van der Waals surface area contributed by atoms with E-state index < -0.39 is 5.97 Å². The van der Waals surface area contributed by atoms with E-state index in [9.17, 15) is 4.79 Å². The number of carbonyl (C=O) groups is 1. The highest BCUT2D eigenvalue weighted by atomic mass is 16.4. The normalized spacial score (nSPS) is 19.5. The molecule has 19 heavy (non-hydrogen) atoms. The summed E-state index contributed by atoms with van der Waals surface area (Å²) in [6.45, 7) is 5.05. The van der Waals surface area contributed by atoms with Crippen LogP contribution in [0.5, 0.6) is 0 Å². The molecule has 1 aromatic heterocycles. The minimum Gasteiger partial charge on any atom is -0.478 e. The minimum atomic E-state index is -1.03. The molecule has 0 aliphatic carbocycles. The molecule has 1 aromatic rings. The first-order valence-electron chi connectivity index (χ1n) is 6.59. The Morgan fingerprint density at radius 1 is 1.68 bits per heavy atom. The fourth-order valence-corrected chi connectivity index (χ4v) is 2.56. The van der Waals surface area contributed by atoms with E-state index in [0.717, 1.165) is 26.1 Å². The van der Waals surface area contributed by atoms with Crippen molar-refractivity contribution in [2.24, 2.45) is 0 Å². The zero-order valence-corrected chi connectivity index (χ0v) is 11.1. The third kappa shape index (κ3) is 2.96. The summed E-state index contributed by atoms with van der Waals surface area (Å²) in [5.74, 6) is -0.568. The first-order chi connectivity index (χ1) is 9.13. The van der Waals surface area contributed by atoms with E-state index in [0.29, 0.717) is 11.9 Å². The summed E-state index contributed by atoms with van der Waals surface area (Å²) >= 11 is 0. The summed E-state index contributed by atoms with van der Waals surface area (Å²) in [5, 5.41) is 12.2. The van der Waals surface area contributed by atoms with Crippen LogP contribution in [0.2, 0.25) is 0 Å². The van der Waals surface area contributed by atoms with E-state index in [-0.39, 0.29) is 11.3 Å². The van der Waals surface area contributed by atoms with E-state index in [1.807, 2.05) is 0 Å². The van der Waals surface area contributed by atoms with Crippen molar-refractivity contribution in [3.63, 3.8) is 0 Å². The van der Waals surface area contributed by atoms with Gasteiger partial charge in [0.1, 0.15) is 5.82 Å². The quantitative estimate of drug-likeness (QED) is 0.741. The van der Waals surface area contributed by atoms with Crippen LogP contribution < -0.4 is 11.1 Å². The Kier molecular flexibility index (Phi) is 4.21. The van der Waals surface area contributed by atoms with Gasteiger partial charge in [-0.1, -0.05) is 6.92 Å². The van der Waals surface area contributed by atoms with E-state index in [4.69, 9.17) is 10.8 Å². The third-order valence-electron chi connectivity index (χ3n) is 3.63. The predicted octanol–water partition coefficient (Wildman–Crippen LogP) is 1.26. The van der Waals surface area contributed by atoms with E-state index in [2.05, 4.69) is 22.1 Å². The molecular weight excluding hydrogens is 244 g/mol. The maximum Gasteiger partial charge on any atom is 0.337 e. The number of anilines is 2. The minimum absolute atomic E-state index is 0.0938. The molecule has 1 fully saturated rings. The van der Waals surface area contributed by atoms with E-state index in [1.54, 1.807) is 0 Å². The van der Waals surface area contributed by atoms with Gasteiger partial charge in [-0.25, -0.2) is 9.78 Å². The van der Waals surface area contributed by atoms with Crippen LogP contribution in [0.1, 0.15) is 30.1 Å². The van der Waals surface area contributed by atoms with Gasteiger partial charge in [-0.3, -0.25) is 4.90 Å². The molecule has 1 aliphatic heterocycles. The molecule has 6 heteroatoms. The second-order valence-electron chi connectivity index (χ2n) is 4.73. The first kappa shape index (κ1) is 13.6. The molecule has 0 amide bonds. The average molecular weight is 264 g/mol. The second kappa shape index (κ2) is 5.88. The summed E-state index contributed by atoms with van der Waals surface area (Å²) < 4.78 is 0. The van der Waals surface area contributed by atoms with Gasteiger partial charge in [0.05, 0.1) is 11.3 Å². The maximum atomic E-state index is 11.0. The molecule has 0 aromatic carbocycles. The lowest BCUT2D eigenvalue weighted by Gasteiger charge is -2.23. The summed E-state index contributed by atoms with van der Waals surface area (Å²) in [6, 6.07) is 1.89. The number of nitrogens with one attached hydrogen (secondary N) is 1. The molecule has 0 radical (unpaired) electrons. The summed E-state index contributed by atoms with van der Waals surface area (Å²) in [5.41, 5.74) is 6.12. The lowest BCUT2D eigenvalue weighted by molar-refractivity contribution is 0.0698. The molecule has 0 saturated carbocycles. The lowest BCUT2D eigenvalue weighted by Crippen LogP contribution is -2.34. The summed E-state index contributed by atoms with van der Waals surface area (Å²) in [6.07, 6.45) is 3.83. The number of aromatic nitrogens is 1. The van der Waals surface area contributed by atoms with Crippen LogP contribution in [0.3, 0.4) is 0 Å². The highest BCUT2D eigenvalue weighted by molar-refractivity contribution is 5.96. The van der Waals surface area contributed by atoms with Crippen molar-refractivity contribution in [2.45, 2.75) is 25.8 Å². The average Bonchev–Trinajstić information content (AvgIpc) is 2.84. The smallest absolute Gasteiger partial charge is 0.337 e. The maximum absolute atomic E-state index is 11.0. The number of hydrogen-bond acceptors (Lipinski definition) is 5. The number of carboxylic acids is 1. The van der Waals surface area contributed by atoms with Crippen LogP contribution in [-0.2, 0) is 0 Å². The molecule has 2 rings (SSSR count). The van der Waals surface area contributed by atoms with Crippen molar-refractivity contribution in [3.8, 4) is 0 Å². The number of nitrogen functional groups attached to an aromatic ring is 1. The third-order valence-corrected chi connectivity index (χ3v) is 3.63. The molecule has 0 bridgehead atoms. The Balaban J connectivity index is 2.03. The van der Waals surface area contributed by atoms with Gasteiger partial charge in [-0.05, 0) is 32.0 Å². The van der Waals surface area contributed by atoms with Gasteiger partial charge in [0.25, 0.3) is 0 Å². The molecule has 4 N–H and O–H groups in total. The fraction of sp³-hybridized carbons (Fsp3) is 0.538. The van der Waals surface area contributed by atoms with Crippen molar-refractivity contribution in [3.05, 3.63) is 17.8 Å². The molecule has 104 valence electrons. The highest BCUT2D eigenvalue weighted by Crippen LogP contribution is 2.22. The largest absolute Gasteiger partial charge is 0.478 e. The lowest BCUT2D eigenvalue weighted by atomic mass is 10.2. The SMILES string of the molecule is CCN1CCCC1CNc1nccc(C(=O)O)c1N. The zero-order chi connectivity index (χ0) is 13.8. The second-order valence-corrected chi connectivity index (χ2v) is 4.73. The molecule has 1 atom stereocenters. The molecular formula is C13H20N4O2. The van der Waals surface area contributed by atoms with Crippen molar-refractivity contribution >= 4 is 17.5 Å². The number of nitrogens with two attached hydrogens (primary N) is 1. The van der Waals surface area contributed by atoms with Crippen molar-refractivity contribution in [1.29, 1.82) is 0 Å². The van der Waals surface area contributed by atoms with E-state index >= 15 is 0 Å². The van der Waals surface area contributed by atoms with Crippen LogP contribution in [0, 0.1) is 0 Å². The van der Waals surface area contributed by atoms with Gasteiger partial charge in [0.2, 0.25) is 0 Å². The van der Waals surface area contributed by atoms with Gasteiger partial charge >= 0.3 is 5.97 Å². The predicted molar refractivity (Wildman–Crippen MR) is 74.4 cm³/mol. The van der Waals surface area contributed by atoms with Crippen LogP contribution in [0.15, 0.2) is 12.3 Å². The van der Waals surface area contributed by atoms with Crippen LogP contribution in [0.4, 0.5) is 11.5 Å². The van der Waals surface area contributed by atoms with Gasteiger partial charge in [0.15, 0.2) is 0 Å². The number of aromatic carboxylic acids is 1. The Morgan fingerprint density at radius 2 is 2.47 bits per heavy atom. The highest BCUT2D eigenvalue weighted by Gasteiger charge is 2.23. The fourth-order valence-electron chi connectivity index (χ4n) is 2.56. The Morgan fingerprint density at radius 3 is 3.16 bits per heavy atom. The monoisotopic (exact) mass is 264 g/mol. The molecule has 0 spiro atoms. The van der Waals surface area contributed by atoms with Crippen LogP contribution >= 0.6 is 0 Å². The van der Waals surface area contributed by atoms with Crippen LogP contribution in [0.25, 0.3) is 0 Å². The number of likely N-dealkylation sites (tertiary alicyclic amines) is 1. The number of rotatable bonds is 5. The van der Waals surface area contributed by atoms with Crippen molar-refractivity contribution in [2.75, 3.05) is 30.7 Å². The van der Waals surface area contributed by atoms with Gasteiger partial charge in [0, 0.05) is 18.8 Å².